The van der Waals surface area contributed by atoms with Crippen LogP contribution >= 0.6 is 0 Å². The minimum Gasteiger partial charge on any atom is -0.498 e. The standard InChI is InChI=1S/C23H29NO5/c1-19(13-16-25)28-17-5-14-24(27)15-6-18-29-22-11-9-21(10-12-22)23(26)20-7-3-2-4-8-20/h2-4,7-12,25,27H,1,5-6,13-18H2. The number of aliphatic hydroxyl groups excluding tert-OH is 1. The van der Waals surface area contributed by atoms with Crippen molar-refractivity contribution >= 4 is 5.78 Å². The molecule has 2 N–H and O–H groups in total. The second-order valence-electron chi connectivity index (χ2n) is 6.59. The number of hydroxylamine groups is 2. The van der Waals surface area contributed by atoms with Crippen LogP contribution in [-0.4, -0.2) is 54.1 Å². The number of carbonyl (C=O) groups is 1. The predicted octanol–water partition coefficient (Wildman–Crippen LogP) is 3.68. The van der Waals surface area contributed by atoms with E-state index in [4.69, 9.17) is 14.6 Å². The van der Waals surface area contributed by atoms with Crippen LogP contribution in [0, 0.1) is 0 Å². The zero-order valence-electron chi connectivity index (χ0n) is 16.6. The smallest absolute Gasteiger partial charge is 0.193 e. The van der Waals surface area contributed by atoms with E-state index in [9.17, 15) is 10.0 Å². The van der Waals surface area contributed by atoms with Gasteiger partial charge in [0.1, 0.15) is 5.75 Å². The first-order chi connectivity index (χ1) is 14.1. The van der Waals surface area contributed by atoms with E-state index in [0.29, 0.717) is 68.2 Å². The molecule has 0 radical (unpaired) electrons. The van der Waals surface area contributed by atoms with E-state index in [2.05, 4.69) is 6.58 Å². The fraction of sp³-hybridized carbons (Fsp3) is 0.348. The van der Waals surface area contributed by atoms with Crippen molar-refractivity contribution in [2.24, 2.45) is 0 Å². The highest BCUT2D eigenvalue weighted by molar-refractivity contribution is 6.08. The van der Waals surface area contributed by atoms with Crippen molar-refractivity contribution in [3.8, 4) is 5.75 Å². The molecule has 29 heavy (non-hydrogen) atoms. The molecule has 0 amide bonds. The maximum absolute atomic E-state index is 12.4. The summed E-state index contributed by atoms with van der Waals surface area (Å²) in [5, 5.41) is 19.8. The van der Waals surface area contributed by atoms with E-state index < -0.39 is 0 Å². The maximum Gasteiger partial charge on any atom is 0.193 e. The lowest BCUT2D eigenvalue weighted by Crippen LogP contribution is -2.24. The van der Waals surface area contributed by atoms with Crippen molar-refractivity contribution in [2.75, 3.05) is 32.9 Å². The molecular formula is C23H29NO5. The Morgan fingerprint density at radius 3 is 2.21 bits per heavy atom. The molecule has 2 aromatic rings. The van der Waals surface area contributed by atoms with Crippen LogP contribution < -0.4 is 4.74 Å². The average Bonchev–Trinajstić information content (AvgIpc) is 2.75. The van der Waals surface area contributed by atoms with Gasteiger partial charge in [0, 0.05) is 30.6 Å². The molecule has 2 rings (SSSR count). The van der Waals surface area contributed by atoms with E-state index in [-0.39, 0.29) is 12.4 Å². The van der Waals surface area contributed by atoms with Crippen LogP contribution in [0.3, 0.4) is 0 Å². The predicted molar refractivity (Wildman–Crippen MR) is 111 cm³/mol. The molecule has 0 aliphatic rings. The van der Waals surface area contributed by atoms with Gasteiger partial charge in [-0.1, -0.05) is 36.9 Å². The largest absolute Gasteiger partial charge is 0.498 e. The van der Waals surface area contributed by atoms with Crippen LogP contribution in [0.25, 0.3) is 0 Å². The molecule has 2 aromatic carbocycles. The Labute approximate surface area is 172 Å². The Hall–Kier alpha value is -2.67. The topological polar surface area (TPSA) is 79.2 Å². The molecule has 0 aromatic heterocycles. The molecule has 6 nitrogen and oxygen atoms in total. The molecule has 0 fully saturated rings. The number of hydrogen-bond donors (Lipinski definition) is 2. The Morgan fingerprint density at radius 2 is 1.55 bits per heavy atom. The van der Waals surface area contributed by atoms with Crippen LogP contribution in [0.15, 0.2) is 66.9 Å². The number of benzene rings is 2. The minimum absolute atomic E-state index is 0.0167. The summed E-state index contributed by atoms with van der Waals surface area (Å²) in [6.45, 7) is 5.61. The van der Waals surface area contributed by atoms with E-state index in [1.54, 1.807) is 36.4 Å². The molecular weight excluding hydrogens is 370 g/mol. The van der Waals surface area contributed by atoms with Gasteiger partial charge in [0.05, 0.1) is 25.6 Å². The van der Waals surface area contributed by atoms with Gasteiger partial charge >= 0.3 is 0 Å². The first kappa shape index (κ1) is 22.6. The number of rotatable bonds is 14. The first-order valence-electron chi connectivity index (χ1n) is 9.78. The summed E-state index contributed by atoms with van der Waals surface area (Å²) >= 11 is 0. The highest BCUT2D eigenvalue weighted by Crippen LogP contribution is 2.15. The number of nitrogens with zero attached hydrogens (tertiary/aromatic N) is 1. The molecule has 156 valence electrons. The lowest BCUT2D eigenvalue weighted by atomic mass is 10.0. The third kappa shape index (κ3) is 8.48. The molecule has 0 spiro atoms. The van der Waals surface area contributed by atoms with Gasteiger partial charge in [0.25, 0.3) is 0 Å². The summed E-state index contributed by atoms with van der Waals surface area (Å²) in [5.41, 5.74) is 1.28. The summed E-state index contributed by atoms with van der Waals surface area (Å²) < 4.78 is 11.0. The van der Waals surface area contributed by atoms with E-state index >= 15 is 0 Å². The fourth-order valence-corrected chi connectivity index (χ4v) is 2.67. The summed E-state index contributed by atoms with van der Waals surface area (Å²) in [7, 11) is 0. The molecule has 6 heteroatoms. The number of aliphatic hydroxyl groups is 1. The number of hydrogen-bond acceptors (Lipinski definition) is 6. The second kappa shape index (κ2) is 12.7. The lowest BCUT2D eigenvalue weighted by Gasteiger charge is -2.15. The molecule has 0 atom stereocenters. The van der Waals surface area contributed by atoms with Crippen molar-refractivity contribution in [3.63, 3.8) is 0 Å². The van der Waals surface area contributed by atoms with Crippen molar-refractivity contribution in [3.05, 3.63) is 78.1 Å². The van der Waals surface area contributed by atoms with Gasteiger partial charge in [-0.3, -0.25) is 4.79 Å². The van der Waals surface area contributed by atoms with Crippen LogP contribution in [-0.2, 0) is 4.74 Å². The zero-order valence-corrected chi connectivity index (χ0v) is 16.6. The van der Waals surface area contributed by atoms with Crippen molar-refractivity contribution in [1.82, 2.24) is 5.06 Å². The quantitative estimate of drug-likeness (QED) is 0.218. The molecule has 0 saturated carbocycles. The zero-order chi connectivity index (χ0) is 20.9. The van der Waals surface area contributed by atoms with Gasteiger partial charge in [-0.15, -0.1) is 0 Å². The Bertz CT molecular complexity index is 746. The molecule has 0 saturated heterocycles. The minimum atomic E-state index is -0.0167. The Kier molecular flexibility index (Phi) is 9.92. The van der Waals surface area contributed by atoms with Crippen molar-refractivity contribution < 1.29 is 24.6 Å². The summed E-state index contributed by atoms with van der Waals surface area (Å²) in [6, 6.07) is 16.2. The monoisotopic (exact) mass is 399 g/mol. The van der Waals surface area contributed by atoms with Crippen LogP contribution in [0.4, 0.5) is 0 Å². The highest BCUT2D eigenvalue weighted by atomic mass is 16.5. The molecule has 0 aliphatic heterocycles. The van der Waals surface area contributed by atoms with E-state index in [1.807, 2.05) is 18.2 Å². The normalized spacial score (nSPS) is 10.7. The van der Waals surface area contributed by atoms with Crippen LogP contribution in [0.5, 0.6) is 5.75 Å². The van der Waals surface area contributed by atoms with Crippen LogP contribution in [0.1, 0.15) is 35.2 Å². The van der Waals surface area contributed by atoms with Gasteiger partial charge in [-0.2, -0.15) is 5.06 Å². The van der Waals surface area contributed by atoms with Gasteiger partial charge in [-0.05, 0) is 37.1 Å². The van der Waals surface area contributed by atoms with Crippen LogP contribution in [0.2, 0.25) is 0 Å². The molecule has 0 unspecified atom stereocenters. The van der Waals surface area contributed by atoms with E-state index in [1.165, 1.54) is 5.06 Å². The average molecular weight is 399 g/mol. The van der Waals surface area contributed by atoms with Gasteiger partial charge < -0.3 is 19.8 Å². The van der Waals surface area contributed by atoms with Crippen molar-refractivity contribution in [1.29, 1.82) is 0 Å². The highest BCUT2D eigenvalue weighted by Gasteiger charge is 2.08. The summed E-state index contributed by atoms with van der Waals surface area (Å²) in [6.07, 6.45) is 1.76. The third-order valence-corrected chi connectivity index (χ3v) is 4.24. The van der Waals surface area contributed by atoms with Gasteiger partial charge in [0.2, 0.25) is 0 Å². The molecule has 0 aliphatic carbocycles. The number of ether oxygens (including phenoxy) is 2. The van der Waals surface area contributed by atoms with Gasteiger partial charge in [-0.25, -0.2) is 0 Å². The summed E-state index contributed by atoms with van der Waals surface area (Å²) in [5.74, 6) is 1.23. The number of carbonyl (C=O) groups excluding carboxylic acids is 1. The molecule has 0 bridgehead atoms. The maximum atomic E-state index is 12.4. The summed E-state index contributed by atoms with van der Waals surface area (Å²) in [4.78, 5) is 12.4. The number of ketones is 1. The Balaban J connectivity index is 1.61. The van der Waals surface area contributed by atoms with E-state index in [0.717, 1.165) is 0 Å². The lowest BCUT2D eigenvalue weighted by molar-refractivity contribution is -0.0957. The second-order valence-corrected chi connectivity index (χ2v) is 6.59. The SMILES string of the molecule is C=C(CCO)OCCCN(O)CCCOc1ccc(C(=O)c2ccccc2)cc1. The molecule has 0 heterocycles. The van der Waals surface area contributed by atoms with Crippen molar-refractivity contribution in [2.45, 2.75) is 19.3 Å². The first-order valence-corrected chi connectivity index (χ1v) is 9.78. The fourth-order valence-electron chi connectivity index (χ4n) is 2.67. The van der Waals surface area contributed by atoms with Gasteiger partial charge in [0.15, 0.2) is 5.78 Å². The third-order valence-electron chi connectivity index (χ3n) is 4.24. The Morgan fingerprint density at radius 1 is 0.931 bits per heavy atom.